The summed E-state index contributed by atoms with van der Waals surface area (Å²) in [6.07, 6.45) is -0.0242. The summed E-state index contributed by atoms with van der Waals surface area (Å²) in [6, 6.07) is 6.47. The standard InChI is InChI=1S/C16H23N3O4.ClH/c1-23-12(11-17)10-15(21)18-6-8-19(9-7-18)16(22)13-4-2-3-5-14(13)20;/h2-5,12,20H,6-11,17H2,1H3;1H. The maximum atomic E-state index is 12.4. The molecule has 0 bridgehead atoms. The Hall–Kier alpha value is -1.83. The zero-order valence-electron chi connectivity index (χ0n) is 13.7. The van der Waals surface area contributed by atoms with E-state index in [-0.39, 0.29) is 48.1 Å². The average Bonchev–Trinajstić information content (AvgIpc) is 2.59. The first-order valence-corrected chi connectivity index (χ1v) is 7.64. The summed E-state index contributed by atoms with van der Waals surface area (Å²) in [4.78, 5) is 27.9. The largest absolute Gasteiger partial charge is 0.507 e. The Morgan fingerprint density at radius 1 is 1.21 bits per heavy atom. The first-order valence-electron chi connectivity index (χ1n) is 7.64. The minimum absolute atomic E-state index is 0. The lowest BCUT2D eigenvalue weighted by Crippen LogP contribution is -2.51. The first-order chi connectivity index (χ1) is 11.1. The SMILES string of the molecule is COC(CN)CC(=O)N1CCN(C(=O)c2ccccc2O)CC1.Cl. The molecule has 8 heteroatoms. The van der Waals surface area contributed by atoms with Crippen LogP contribution < -0.4 is 5.73 Å². The number of aromatic hydroxyl groups is 1. The van der Waals surface area contributed by atoms with Crippen molar-refractivity contribution in [2.24, 2.45) is 5.73 Å². The molecule has 0 aliphatic carbocycles. The summed E-state index contributed by atoms with van der Waals surface area (Å²) >= 11 is 0. The molecule has 1 aliphatic heterocycles. The van der Waals surface area contributed by atoms with E-state index in [1.54, 1.807) is 28.0 Å². The van der Waals surface area contributed by atoms with Gasteiger partial charge in [0, 0.05) is 39.8 Å². The van der Waals surface area contributed by atoms with Gasteiger partial charge < -0.3 is 25.4 Å². The third kappa shape index (κ3) is 4.83. The van der Waals surface area contributed by atoms with Gasteiger partial charge in [0.1, 0.15) is 5.75 Å². The zero-order chi connectivity index (χ0) is 16.8. The van der Waals surface area contributed by atoms with E-state index >= 15 is 0 Å². The number of amides is 2. The van der Waals surface area contributed by atoms with E-state index in [1.165, 1.54) is 13.2 Å². The Kier molecular flexibility index (Phi) is 7.97. The highest BCUT2D eigenvalue weighted by molar-refractivity contribution is 5.97. The Morgan fingerprint density at radius 2 is 1.79 bits per heavy atom. The normalized spacial score (nSPS) is 15.6. The number of piperazine rings is 1. The zero-order valence-corrected chi connectivity index (χ0v) is 14.5. The number of hydrogen-bond donors (Lipinski definition) is 2. The van der Waals surface area contributed by atoms with E-state index in [1.807, 2.05) is 0 Å². The molecule has 1 aromatic carbocycles. The first kappa shape index (κ1) is 20.2. The molecular weight excluding hydrogens is 334 g/mol. The van der Waals surface area contributed by atoms with Crippen molar-refractivity contribution in [3.8, 4) is 5.75 Å². The van der Waals surface area contributed by atoms with Crippen molar-refractivity contribution in [1.29, 1.82) is 0 Å². The van der Waals surface area contributed by atoms with Gasteiger partial charge in [-0.25, -0.2) is 0 Å². The fourth-order valence-corrected chi connectivity index (χ4v) is 2.57. The number of carbonyl (C=O) groups excluding carboxylic acids is 2. The molecule has 1 fully saturated rings. The number of nitrogens with two attached hydrogens (primary N) is 1. The molecule has 2 rings (SSSR count). The van der Waals surface area contributed by atoms with Gasteiger partial charge in [0.25, 0.3) is 5.91 Å². The van der Waals surface area contributed by atoms with E-state index in [4.69, 9.17) is 10.5 Å². The number of halogens is 1. The van der Waals surface area contributed by atoms with Crippen LogP contribution in [0.4, 0.5) is 0 Å². The van der Waals surface area contributed by atoms with Crippen LogP contribution in [0.2, 0.25) is 0 Å². The number of ether oxygens (including phenoxy) is 1. The number of rotatable bonds is 5. The molecule has 0 aromatic heterocycles. The average molecular weight is 358 g/mol. The quantitative estimate of drug-likeness (QED) is 0.798. The molecule has 1 aliphatic rings. The molecule has 7 nitrogen and oxygen atoms in total. The number of methoxy groups -OCH3 is 1. The Bertz CT molecular complexity index is 558. The molecule has 1 saturated heterocycles. The lowest BCUT2D eigenvalue weighted by molar-refractivity contribution is -0.135. The van der Waals surface area contributed by atoms with Gasteiger partial charge in [0.2, 0.25) is 5.91 Å². The highest BCUT2D eigenvalue weighted by Gasteiger charge is 2.26. The van der Waals surface area contributed by atoms with Crippen molar-refractivity contribution >= 4 is 24.2 Å². The second-order valence-corrected chi connectivity index (χ2v) is 5.49. The van der Waals surface area contributed by atoms with Crippen LogP contribution in [0.5, 0.6) is 5.75 Å². The van der Waals surface area contributed by atoms with Gasteiger partial charge in [-0.05, 0) is 12.1 Å². The van der Waals surface area contributed by atoms with E-state index < -0.39 is 0 Å². The lowest BCUT2D eigenvalue weighted by atomic mass is 10.1. The Balaban J connectivity index is 0.00000288. The van der Waals surface area contributed by atoms with Gasteiger partial charge in [0.15, 0.2) is 0 Å². The van der Waals surface area contributed by atoms with Crippen LogP contribution in [0, 0.1) is 0 Å². The number of carbonyl (C=O) groups is 2. The van der Waals surface area contributed by atoms with Gasteiger partial charge in [-0.2, -0.15) is 0 Å². The molecule has 2 amide bonds. The third-order valence-electron chi connectivity index (χ3n) is 4.05. The summed E-state index contributed by atoms with van der Waals surface area (Å²) in [7, 11) is 1.54. The minimum atomic E-state index is -0.275. The fourth-order valence-electron chi connectivity index (χ4n) is 2.57. The second kappa shape index (κ2) is 9.46. The van der Waals surface area contributed by atoms with Crippen LogP contribution in [0.1, 0.15) is 16.8 Å². The highest BCUT2D eigenvalue weighted by Crippen LogP contribution is 2.19. The van der Waals surface area contributed by atoms with Gasteiger partial charge in [-0.1, -0.05) is 12.1 Å². The molecule has 3 N–H and O–H groups in total. The van der Waals surface area contributed by atoms with Gasteiger partial charge in [0.05, 0.1) is 18.1 Å². The summed E-state index contributed by atoms with van der Waals surface area (Å²) in [5.41, 5.74) is 5.82. The predicted molar refractivity (Wildman–Crippen MR) is 92.3 cm³/mol. The van der Waals surface area contributed by atoms with Crippen molar-refractivity contribution < 1.29 is 19.4 Å². The van der Waals surface area contributed by atoms with E-state index in [9.17, 15) is 14.7 Å². The number of nitrogens with zero attached hydrogens (tertiary/aromatic N) is 2. The van der Waals surface area contributed by atoms with Crippen molar-refractivity contribution in [3.63, 3.8) is 0 Å². The molecule has 1 atom stereocenters. The number of phenolic OH excluding ortho intramolecular Hbond substituents is 1. The van der Waals surface area contributed by atoms with Gasteiger partial charge in [-0.3, -0.25) is 9.59 Å². The molecule has 0 radical (unpaired) electrons. The summed E-state index contributed by atoms with van der Waals surface area (Å²) < 4.78 is 5.13. The predicted octanol–water partition coefficient (Wildman–Crippen LogP) is 0.462. The molecule has 1 aromatic rings. The Morgan fingerprint density at radius 3 is 2.33 bits per heavy atom. The lowest BCUT2D eigenvalue weighted by Gasteiger charge is -2.35. The molecule has 134 valence electrons. The van der Waals surface area contributed by atoms with Crippen molar-refractivity contribution in [1.82, 2.24) is 9.80 Å². The topological polar surface area (TPSA) is 96.1 Å². The number of hydrogen-bond acceptors (Lipinski definition) is 5. The summed E-state index contributed by atoms with van der Waals surface area (Å²) in [6.45, 7) is 2.13. The monoisotopic (exact) mass is 357 g/mol. The van der Waals surface area contributed by atoms with Gasteiger partial charge in [-0.15, -0.1) is 12.4 Å². The van der Waals surface area contributed by atoms with Gasteiger partial charge >= 0.3 is 0 Å². The van der Waals surface area contributed by atoms with Crippen molar-refractivity contribution in [3.05, 3.63) is 29.8 Å². The van der Waals surface area contributed by atoms with Crippen LogP contribution in [0.25, 0.3) is 0 Å². The minimum Gasteiger partial charge on any atom is -0.507 e. The molecule has 0 saturated carbocycles. The van der Waals surface area contributed by atoms with E-state index in [0.29, 0.717) is 32.7 Å². The number of para-hydroxylation sites is 1. The van der Waals surface area contributed by atoms with Crippen molar-refractivity contribution in [2.45, 2.75) is 12.5 Å². The maximum Gasteiger partial charge on any atom is 0.257 e. The molecule has 1 unspecified atom stereocenters. The summed E-state index contributed by atoms with van der Waals surface area (Å²) in [5.74, 6) is -0.259. The second-order valence-electron chi connectivity index (χ2n) is 5.49. The summed E-state index contributed by atoms with van der Waals surface area (Å²) in [5, 5.41) is 9.77. The van der Waals surface area contributed by atoms with Crippen LogP contribution in [-0.4, -0.2) is 72.7 Å². The smallest absolute Gasteiger partial charge is 0.257 e. The molecular formula is C16H24ClN3O4. The number of benzene rings is 1. The van der Waals surface area contributed by atoms with E-state index in [0.717, 1.165) is 0 Å². The molecule has 1 heterocycles. The van der Waals surface area contributed by atoms with Crippen LogP contribution in [0.15, 0.2) is 24.3 Å². The number of phenols is 1. The van der Waals surface area contributed by atoms with Crippen LogP contribution >= 0.6 is 12.4 Å². The molecule has 0 spiro atoms. The molecule has 24 heavy (non-hydrogen) atoms. The fraction of sp³-hybridized carbons (Fsp3) is 0.500. The van der Waals surface area contributed by atoms with E-state index in [2.05, 4.69) is 0 Å². The third-order valence-corrected chi connectivity index (χ3v) is 4.05. The van der Waals surface area contributed by atoms with Crippen LogP contribution in [0.3, 0.4) is 0 Å². The van der Waals surface area contributed by atoms with Crippen molar-refractivity contribution in [2.75, 3.05) is 39.8 Å². The highest BCUT2D eigenvalue weighted by atomic mass is 35.5. The Labute approximate surface area is 147 Å². The maximum absolute atomic E-state index is 12.4. The van der Waals surface area contributed by atoms with Crippen LogP contribution in [-0.2, 0) is 9.53 Å².